The Morgan fingerprint density at radius 3 is 1.74 bits per heavy atom. The van der Waals surface area contributed by atoms with Gasteiger partial charge >= 0.3 is 11.9 Å². The molecule has 0 radical (unpaired) electrons. The SMILES string of the molecule is CCC(C)C(NC(=O)CCc1ccccc1)C(=O)NC(C(=O)NC(CC(=O)N1CCCC1)C(=O)NC(CC(=O)O)C(=O)NC(CC(C)C)C(=O)O)C(C)C. The molecule has 16 heteroatoms. The van der Waals surface area contributed by atoms with E-state index in [0.29, 0.717) is 25.9 Å². The van der Waals surface area contributed by atoms with Crippen LogP contribution in [0.1, 0.15) is 92.1 Å². The number of amides is 6. The third-order valence-electron chi connectivity index (χ3n) is 9.35. The number of carbonyl (C=O) groups is 8. The molecule has 1 heterocycles. The third kappa shape index (κ3) is 15.1. The van der Waals surface area contributed by atoms with Gasteiger partial charge in [0.15, 0.2) is 0 Å². The van der Waals surface area contributed by atoms with Crippen LogP contribution in [0, 0.1) is 17.8 Å². The van der Waals surface area contributed by atoms with Crippen molar-refractivity contribution in [2.45, 2.75) is 123 Å². The summed E-state index contributed by atoms with van der Waals surface area (Å²) in [5.41, 5.74) is 0.959. The van der Waals surface area contributed by atoms with Crippen LogP contribution in [0.25, 0.3) is 0 Å². The molecule has 0 saturated carbocycles. The second kappa shape index (κ2) is 22.3. The maximum absolute atomic E-state index is 13.8. The normalized spacial score (nSPS) is 16.0. The van der Waals surface area contributed by atoms with Crippen LogP contribution in [0.15, 0.2) is 30.3 Å². The fourth-order valence-corrected chi connectivity index (χ4v) is 5.99. The van der Waals surface area contributed by atoms with Crippen molar-refractivity contribution in [1.29, 1.82) is 0 Å². The Morgan fingerprint density at radius 1 is 0.685 bits per heavy atom. The monoisotopic (exact) mass is 758 g/mol. The molecule has 1 aliphatic heterocycles. The molecule has 16 nitrogen and oxygen atoms in total. The summed E-state index contributed by atoms with van der Waals surface area (Å²) in [5, 5.41) is 31.7. The first-order valence-corrected chi connectivity index (χ1v) is 18.7. The minimum Gasteiger partial charge on any atom is -0.481 e. The Labute approximate surface area is 316 Å². The molecule has 0 aromatic heterocycles. The van der Waals surface area contributed by atoms with E-state index >= 15 is 0 Å². The van der Waals surface area contributed by atoms with Crippen molar-refractivity contribution in [1.82, 2.24) is 31.5 Å². The molecule has 54 heavy (non-hydrogen) atoms. The van der Waals surface area contributed by atoms with Crippen LogP contribution in [-0.4, -0.2) is 106 Å². The summed E-state index contributed by atoms with van der Waals surface area (Å²) >= 11 is 0. The minimum atomic E-state index is -1.74. The fraction of sp³-hybridized carbons (Fsp3) is 0.632. The Hall–Kier alpha value is -5.02. The Balaban J connectivity index is 2.29. The number of aryl methyl sites for hydroxylation is 1. The highest BCUT2D eigenvalue weighted by molar-refractivity contribution is 5.98. The van der Waals surface area contributed by atoms with Crippen LogP contribution in [-0.2, 0) is 44.8 Å². The smallest absolute Gasteiger partial charge is 0.326 e. The minimum absolute atomic E-state index is 0.0371. The van der Waals surface area contributed by atoms with Crippen molar-refractivity contribution in [2.75, 3.05) is 13.1 Å². The lowest BCUT2D eigenvalue weighted by atomic mass is 9.96. The van der Waals surface area contributed by atoms with Gasteiger partial charge in [0.2, 0.25) is 35.4 Å². The standard InChI is InChI=1S/C38H58N6O10/c1-7-24(6)33(42-29(45)16-15-25-13-9-8-10-14-25)37(52)43-32(23(4)5)36(51)40-26(20-30(46)44-17-11-12-18-44)34(49)39-27(21-31(47)48)35(50)41-28(38(53)54)19-22(2)3/h8-10,13-14,22-24,26-28,32-33H,7,11-12,15-21H2,1-6H3,(H,39,49)(H,40,51)(H,41,50)(H,42,45)(H,43,52)(H,47,48)(H,53,54). The van der Waals surface area contributed by atoms with Gasteiger partial charge in [0.1, 0.15) is 30.2 Å². The lowest BCUT2D eigenvalue weighted by Crippen LogP contribution is -2.61. The number of nitrogens with zero attached hydrogens (tertiary/aromatic N) is 1. The molecule has 6 unspecified atom stereocenters. The second-order valence-electron chi connectivity index (χ2n) is 14.7. The van der Waals surface area contributed by atoms with Crippen LogP contribution >= 0.6 is 0 Å². The van der Waals surface area contributed by atoms with E-state index in [1.54, 1.807) is 34.6 Å². The van der Waals surface area contributed by atoms with Crippen LogP contribution < -0.4 is 26.6 Å². The highest BCUT2D eigenvalue weighted by atomic mass is 16.4. The van der Waals surface area contributed by atoms with E-state index in [2.05, 4.69) is 26.6 Å². The van der Waals surface area contributed by atoms with Gasteiger partial charge < -0.3 is 41.7 Å². The molecule has 1 aromatic carbocycles. The largest absolute Gasteiger partial charge is 0.481 e. The number of aliphatic carboxylic acids is 2. The van der Waals surface area contributed by atoms with Gasteiger partial charge in [-0.15, -0.1) is 0 Å². The Morgan fingerprint density at radius 2 is 1.22 bits per heavy atom. The zero-order valence-corrected chi connectivity index (χ0v) is 32.2. The van der Waals surface area contributed by atoms with Gasteiger partial charge in [-0.2, -0.15) is 0 Å². The van der Waals surface area contributed by atoms with Crippen molar-refractivity contribution in [3.8, 4) is 0 Å². The van der Waals surface area contributed by atoms with E-state index < -0.39 is 90.4 Å². The molecule has 1 aromatic rings. The van der Waals surface area contributed by atoms with Crippen LogP contribution in [0.2, 0.25) is 0 Å². The summed E-state index contributed by atoms with van der Waals surface area (Å²) in [6.07, 6.45) is 1.22. The summed E-state index contributed by atoms with van der Waals surface area (Å²) in [6, 6.07) is 2.49. The van der Waals surface area contributed by atoms with Gasteiger partial charge in [-0.25, -0.2) is 4.79 Å². The average molecular weight is 759 g/mol. The van der Waals surface area contributed by atoms with Gasteiger partial charge in [0.25, 0.3) is 0 Å². The van der Waals surface area contributed by atoms with Crippen LogP contribution in [0.4, 0.5) is 0 Å². The predicted octanol–water partition coefficient (Wildman–Crippen LogP) is 1.36. The number of carboxylic acids is 2. The first kappa shape index (κ1) is 45.1. The van der Waals surface area contributed by atoms with E-state index in [1.807, 2.05) is 37.3 Å². The van der Waals surface area contributed by atoms with E-state index in [1.165, 1.54) is 4.90 Å². The van der Waals surface area contributed by atoms with Crippen LogP contribution in [0.5, 0.6) is 0 Å². The number of hydrogen-bond donors (Lipinski definition) is 7. The molecule has 7 N–H and O–H groups in total. The lowest BCUT2D eigenvalue weighted by Gasteiger charge is -2.30. The molecular weight excluding hydrogens is 700 g/mol. The number of nitrogens with one attached hydrogen (secondary N) is 5. The molecular formula is C38H58N6O10. The molecule has 0 bridgehead atoms. The highest BCUT2D eigenvalue weighted by Gasteiger charge is 2.36. The van der Waals surface area contributed by atoms with Gasteiger partial charge in [-0.05, 0) is 49.0 Å². The van der Waals surface area contributed by atoms with Crippen molar-refractivity contribution >= 4 is 47.4 Å². The average Bonchev–Trinajstić information content (AvgIpc) is 3.66. The summed E-state index contributed by atoms with van der Waals surface area (Å²) in [5.74, 6) is -8.16. The summed E-state index contributed by atoms with van der Waals surface area (Å²) in [7, 11) is 0. The molecule has 300 valence electrons. The Kier molecular flexibility index (Phi) is 18.6. The maximum atomic E-state index is 13.8. The fourth-order valence-electron chi connectivity index (χ4n) is 5.99. The predicted molar refractivity (Wildman–Crippen MR) is 198 cm³/mol. The quantitative estimate of drug-likeness (QED) is 0.0896. The zero-order chi connectivity index (χ0) is 40.5. The molecule has 6 atom stereocenters. The first-order chi connectivity index (χ1) is 25.4. The molecule has 6 amide bonds. The number of benzene rings is 1. The number of likely N-dealkylation sites (tertiary alicyclic amines) is 1. The van der Waals surface area contributed by atoms with Gasteiger partial charge in [-0.3, -0.25) is 33.6 Å². The number of rotatable bonds is 22. The molecule has 2 rings (SSSR count). The summed E-state index contributed by atoms with van der Waals surface area (Å²) in [4.78, 5) is 106. The zero-order valence-electron chi connectivity index (χ0n) is 32.2. The lowest BCUT2D eigenvalue weighted by molar-refractivity contribution is -0.144. The van der Waals surface area contributed by atoms with E-state index in [9.17, 15) is 48.6 Å². The van der Waals surface area contributed by atoms with E-state index in [0.717, 1.165) is 18.4 Å². The second-order valence-corrected chi connectivity index (χ2v) is 14.7. The summed E-state index contributed by atoms with van der Waals surface area (Å²) in [6.45, 7) is 11.3. The van der Waals surface area contributed by atoms with E-state index in [-0.39, 0.29) is 30.6 Å². The maximum Gasteiger partial charge on any atom is 0.326 e. The van der Waals surface area contributed by atoms with Crippen molar-refractivity contribution < 1.29 is 48.6 Å². The molecule has 1 aliphatic rings. The van der Waals surface area contributed by atoms with Crippen molar-refractivity contribution in [3.05, 3.63) is 35.9 Å². The van der Waals surface area contributed by atoms with Gasteiger partial charge in [-0.1, -0.05) is 78.3 Å². The van der Waals surface area contributed by atoms with Crippen molar-refractivity contribution in [3.63, 3.8) is 0 Å². The van der Waals surface area contributed by atoms with Gasteiger partial charge in [0, 0.05) is 19.5 Å². The van der Waals surface area contributed by atoms with Crippen molar-refractivity contribution in [2.24, 2.45) is 17.8 Å². The van der Waals surface area contributed by atoms with E-state index in [4.69, 9.17) is 0 Å². The van der Waals surface area contributed by atoms with Crippen LogP contribution in [0.3, 0.4) is 0 Å². The molecule has 1 fully saturated rings. The highest BCUT2D eigenvalue weighted by Crippen LogP contribution is 2.14. The number of carboxylic acid groups (broad SMARTS) is 2. The van der Waals surface area contributed by atoms with Gasteiger partial charge in [0.05, 0.1) is 12.8 Å². The number of carbonyl (C=O) groups excluding carboxylic acids is 6. The topological polar surface area (TPSA) is 240 Å². The third-order valence-corrected chi connectivity index (χ3v) is 9.35. The molecule has 0 aliphatic carbocycles. The first-order valence-electron chi connectivity index (χ1n) is 18.7. The Bertz CT molecular complexity index is 1460. The molecule has 1 saturated heterocycles. The number of hydrogen-bond acceptors (Lipinski definition) is 8. The molecule has 0 spiro atoms. The summed E-state index contributed by atoms with van der Waals surface area (Å²) < 4.78 is 0.